The molecular formula is C11H9BrFN3O2. The molecule has 1 heterocycles. The maximum atomic E-state index is 13.1. The van der Waals surface area contributed by atoms with E-state index in [1.807, 2.05) is 4.98 Å². The van der Waals surface area contributed by atoms with Gasteiger partial charge in [0.2, 0.25) is 5.82 Å². The van der Waals surface area contributed by atoms with Crippen molar-refractivity contribution in [1.29, 1.82) is 0 Å². The van der Waals surface area contributed by atoms with Gasteiger partial charge >= 0.3 is 5.69 Å². The summed E-state index contributed by atoms with van der Waals surface area (Å²) in [4.78, 5) is 24.3. The summed E-state index contributed by atoms with van der Waals surface area (Å²) in [6.07, 6.45) is 0.879. The molecule has 0 saturated heterocycles. The van der Waals surface area contributed by atoms with Crippen molar-refractivity contribution in [2.24, 2.45) is 0 Å². The molecule has 0 atom stereocenters. The minimum Gasteiger partial charge on any atom is -0.399 e. The van der Waals surface area contributed by atoms with Gasteiger partial charge in [-0.3, -0.25) is 14.3 Å². The van der Waals surface area contributed by atoms with E-state index in [0.717, 1.165) is 16.3 Å². The second-order valence-electron chi connectivity index (χ2n) is 3.72. The maximum absolute atomic E-state index is 13.1. The number of aromatic nitrogens is 2. The molecule has 5 nitrogen and oxygen atoms in total. The van der Waals surface area contributed by atoms with Gasteiger partial charge in [-0.1, -0.05) is 22.0 Å². The first-order chi connectivity index (χ1) is 8.47. The van der Waals surface area contributed by atoms with E-state index in [1.165, 1.54) is 0 Å². The summed E-state index contributed by atoms with van der Waals surface area (Å²) >= 11 is 3.30. The number of aromatic amines is 1. The normalized spacial score (nSPS) is 10.6. The number of anilines is 1. The molecule has 3 N–H and O–H groups in total. The molecule has 0 fully saturated rings. The minimum atomic E-state index is -1.02. The molecule has 0 bridgehead atoms. The van der Waals surface area contributed by atoms with Gasteiger partial charge in [-0.25, -0.2) is 4.79 Å². The van der Waals surface area contributed by atoms with Crippen LogP contribution < -0.4 is 17.0 Å². The Morgan fingerprint density at radius 2 is 2.11 bits per heavy atom. The Hall–Kier alpha value is -1.89. The lowest BCUT2D eigenvalue weighted by atomic mass is 10.2. The van der Waals surface area contributed by atoms with Crippen LogP contribution >= 0.6 is 15.9 Å². The first-order valence-electron chi connectivity index (χ1n) is 5.00. The van der Waals surface area contributed by atoms with E-state index in [0.29, 0.717) is 10.2 Å². The van der Waals surface area contributed by atoms with Gasteiger partial charge in [0, 0.05) is 10.2 Å². The molecular weight excluding hydrogens is 305 g/mol. The third-order valence-corrected chi connectivity index (χ3v) is 3.12. The fraction of sp³-hybridized carbons (Fsp3) is 0.0909. The molecule has 0 spiro atoms. The van der Waals surface area contributed by atoms with Crippen LogP contribution in [0.5, 0.6) is 0 Å². The summed E-state index contributed by atoms with van der Waals surface area (Å²) in [6.45, 7) is 0.132. The quantitative estimate of drug-likeness (QED) is 0.814. The van der Waals surface area contributed by atoms with E-state index in [1.54, 1.807) is 18.2 Å². The second kappa shape index (κ2) is 4.77. The number of hydrogen-bond acceptors (Lipinski definition) is 3. The molecule has 18 heavy (non-hydrogen) atoms. The number of nitrogen functional groups attached to an aromatic ring is 1. The molecule has 0 amide bonds. The number of H-pyrrole nitrogens is 1. The number of rotatable bonds is 2. The van der Waals surface area contributed by atoms with Gasteiger partial charge in [-0.15, -0.1) is 0 Å². The molecule has 1 aromatic carbocycles. The molecule has 0 unspecified atom stereocenters. The monoisotopic (exact) mass is 313 g/mol. The van der Waals surface area contributed by atoms with E-state index < -0.39 is 17.1 Å². The van der Waals surface area contributed by atoms with Crippen LogP contribution in [0.25, 0.3) is 0 Å². The van der Waals surface area contributed by atoms with Crippen molar-refractivity contribution in [2.45, 2.75) is 6.54 Å². The summed E-state index contributed by atoms with van der Waals surface area (Å²) in [5, 5.41) is 0. The van der Waals surface area contributed by atoms with Gasteiger partial charge < -0.3 is 5.73 Å². The topological polar surface area (TPSA) is 80.9 Å². The predicted octanol–water partition coefficient (Wildman–Crippen LogP) is 1.07. The summed E-state index contributed by atoms with van der Waals surface area (Å²) in [5.41, 5.74) is 5.23. The Morgan fingerprint density at radius 3 is 2.78 bits per heavy atom. The molecule has 2 rings (SSSR count). The van der Waals surface area contributed by atoms with Crippen molar-refractivity contribution in [3.8, 4) is 0 Å². The second-order valence-corrected chi connectivity index (χ2v) is 4.57. The van der Waals surface area contributed by atoms with E-state index in [4.69, 9.17) is 5.73 Å². The Bertz CT molecular complexity index is 708. The first-order valence-corrected chi connectivity index (χ1v) is 5.80. The smallest absolute Gasteiger partial charge is 0.328 e. The third kappa shape index (κ3) is 2.51. The van der Waals surface area contributed by atoms with Gasteiger partial charge in [-0.05, 0) is 17.7 Å². The average molecular weight is 314 g/mol. The standard InChI is InChI=1S/C11H9BrFN3O2/c12-8-3-7(14)2-1-6(8)4-16-5-9(13)10(17)15-11(16)18/h1-3,5H,4,14H2,(H,15,17,18). The fourth-order valence-electron chi connectivity index (χ4n) is 1.48. The van der Waals surface area contributed by atoms with Gasteiger partial charge in [0.1, 0.15) is 0 Å². The Labute approximate surface area is 109 Å². The summed E-state index contributed by atoms with van der Waals surface area (Å²) in [7, 11) is 0. The van der Waals surface area contributed by atoms with Crippen molar-refractivity contribution in [2.75, 3.05) is 5.73 Å². The van der Waals surface area contributed by atoms with Crippen molar-refractivity contribution in [3.63, 3.8) is 0 Å². The summed E-state index contributed by atoms with van der Waals surface area (Å²) < 4.78 is 14.9. The number of halogens is 2. The highest BCUT2D eigenvalue weighted by atomic mass is 79.9. The molecule has 0 radical (unpaired) electrons. The van der Waals surface area contributed by atoms with Crippen LogP contribution in [0.3, 0.4) is 0 Å². The highest BCUT2D eigenvalue weighted by Gasteiger charge is 2.06. The zero-order valence-electron chi connectivity index (χ0n) is 9.11. The number of hydrogen-bond donors (Lipinski definition) is 2. The highest BCUT2D eigenvalue weighted by Crippen LogP contribution is 2.20. The van der Waals surface area contributed by atoms with Crippen LogP contribution in [0, 0.1) is 5.82 Å². The van der Waals surface area contributed by atoms with Crippen LogP contribution in [-0.2, 0) is 6.54 Å². The van der Waals surface area contributed by atoms with Gasteiger partial charge in [0.05, 0.1) is 12.7 Å². The van der Waals surface area contributed by atoms with E-state index >= 15 is 0 Å². The van der Waals surface area contributed by atoms with Crippen molar-refractivity contribution in [1.82, 2.24) is 9.55 Å². The average Bonchev–Trinajstić information content (AvgIpc) is 2.29. The molecule has 7 heteroatoms. The molecule has 0 aliphatic rings. The number of nitrogens with two attached hydrogens (primary N) is 1. The van der Waals surface area contributed by atoms with Crippen LogP contribution in [-0.4, -0.2) is 9.55 Å². The molecule has 0 aliphatic heterocycles. The van der Waals surface area contributed by atoms with Crippen molar-refractivity contribution < 1.29 is 4.39 Å². The SMILES string of the molecule is Nc1ccc(Cn2cc(F)c(=O)[nH]c2=O)c(Br)c1. The Morgan fingerprint density at radius 1 is 1.39 bits per heavy atom. The summed E-state index contributed by atoms with van der Waals surface area (Å²) in [5.74, 6) is -0.999. The third-order valence-electron chi connectivity index (χ3n) is 2.39. The number of nitrogens with zero attached hydrogens (tertiary/aromatic N) is 1. The fourth-order valence-corrected chi connectivity index (χ4v) is 2.00. The van der Waals surface area contributed by atoms with E-state index in [2.05, 4.69) is 15.9 Å². The highest BCUT2D eigenvalue weighted by molar-refractivity contribution is 9.10. The lowest BCUT2D eigenvalue weighted by Gasteiger charge is -2.07. The molecule has 0 saturated carbocycles. The number of benzene rings is 1. The minimum absolute atomic E-state index is 0.132. The molecule has 94 valence electrons. The Balaban J connectivity index is 2.43. The Kier molecular flexibility index (Phi) is 3.33. The molecule has 2 aromatic rings. The predicted molar refractivity (Wildman–Crippen MR) is 68.9 cm³/mol. The van der Waals surface area contributed by atoms with Crippen LogP contribution in [0.15, 0.2) is 38.5 Å². The number of nitrogens with one attached hydrogen (secondary N) is 1. The summed E-state index contributed by atoms with van der Waals surface area (Å²) in [6, 6.07) is 5.07. The molecule has 1 aromatic heterocycles. The lowest BCUT2D eigenvalue weighted by Crippen LogP contribution is -2.31. The van der Waals surface area contributed by atoms with Gasteiger partial charge in [0.15, 0.2) is 0 Å². The lowest BCUT2D eigenvalue weighted by molar-refractivity contribution is 0.566. The van der Waals surface area contributed by atoms with Crippen molar-refractivity contribution >= 4 is 21.6 Å². The van der Waals surface area contributed by atoms with Gasteiger partial charge in [-0.2, -0.15) is 4.39 Å². The first kappa shape index (κ1) is 12.6. The van der Waals surface area contributed by atoms with E-state index in [9.17, 15) is 14.0 Å². The maximum Gasteiger partial charge on any atom is 0.328 e. The van der Waals surface area contributed by atoms with Crippen molar-refractivity contribution in [3.05, 3.63) is 61.1 Å². The van der Waals surface area contributed by atoms with E-state index in [-0.39, 0.29) is 6.54 Å². The zero-order valence-corrected chi connectivity index (χ0v) is 10.7. The van der Waals surface area contributed by atoms with Crippen LogP contribution in [0.2, 0.25) is 0 Å². The largest absolute Gasteiger partial charge is 0.399 e. The van der Waals surface area contributed by atoms with Gasteiger partial charge in [0.25, 0.3) is 5.56 Å². The van der Waals surface area contributed by atoms with Crippen LogP contribution in [0.1, 0.15) is 5.56 Å². The zero-order chi connectivity index (χ0) is 13.3. The molecule has 0 aliphatic carbocycles. The van der Waals surface area contributed by atoms with Crippen LogP contribution in [0.4, 0.5) is 10.1 Å².